The van der Waals surface area contributed by atoms with E-state index in [0.29, 0.717) is 0 Å². The first-order chi connectivity index (χ1) is 6.07. The molecule has 0 spiro atoms. The van der Waals surface area contributed by atoms with E-state index in [2.05, 4.69) is 15.9 Å². The first-order valence-electron chi connectivity index (χ1n) is 3.34. The summed E-state index contributed by atoms with van der Waals surface area (Å²) in [5, 5.41) is 8.86. The summed E-state index contributed by atoms with van der Waals surface area (Å²) in [6, 6.07) is 1.56. The van der Waals surface area contributed by atoms with Crippen LogP contribution >= 0.6 is 15.9 Å². The first kappa shape index (κ1) is 10.1. The second-order valence-corrected chi connectivity index (χ2v) is 2.87. The summed E-state index contributed by atoms with van der Waals surface area (Å²) in [6.45, 7) is 0. The SMILES string of the molecule is O=C(CBr)c1c(F)ccc(F)c1O. The standard InChI is InChI=1S/C8H5BrF2O2/c9-3-6(12)7-4(10)1-2-5(11)8(7)13/h1-2,13H,3H2. The molecule has 1 N–H and O–H groups in total. The van der Waals surface area contributed by atoms with Gasteiger partial charge in [-0.3, -0.25) is 4.79 Å². The molecule has 1 rings (SSSR count). The maximum Gasteiger partial charge on any atom is 0.180 e. The van der Waals surface area contributed by atoms with Crippen LogP contribution in [0.2, 0.25) is 0 Å². The van der Waals surface area contributed by atoms with E-state index in [9.17, 15) is 13.6 Å². The van der Waals surface area contributed by atoms with Gasteiger partial charge in [0, 0.05) is 0 Å². The highest BCUT2D eigenvalue weighted by atomic mass is 79.9. The van der Waals surface area contributed by atoms with E-state index in [1.807, 2.05) is 0 Å². The molecule has 0 bridgehead atoms. The molecular formula is C8H5BrF2O2. The van der Waals surface area contributed by atoms with Gasteiger partial charge in [-0.05, 0) is 12.1 Å². The van der Waals surface area contributed by atoms with Crippen LogP contribution in [0.4, 0.5) is 8.78 Å². The second-order valence-electron chi connectivity index (χ2n) is 2.31. The highest BCUT2D eigenvalue weighted by Crippen LogP contribution is 2.24. The number of aromatic hydroxyl groups is 1. The monoisotopic (exact) mass is 250 g/mol. The molecule has 0 aliphatic heterocycles. The average Bonchev–Trinajstić information content (AvgIpc) is 2.12. The minimum absolute atomic E-state index is 0.166. The van der Waals surface area contributed by atoms with Gasteiger partial charge in [0.1, 0.15) is 5.82 Å². The lowest BCUT2D eigenvalue weighted by Crippen LogP contribution is -2.04. The van der Waals surface area contributed by atoms with Crippen molar-refractivity contribution in [2.45, 2.75) is 0 Å². The molecule has 1 aromatic carbocycles. The molecule has 1 aromatic rings. The largest absolute Gasteiger partial charge is 0.504 e. The molecule has 0 saturated carbocycles. The quantitative estimate of drug-likeness (QED) is 0.646. The number of hydrogen-bond acceptors (Lipinski definition) is 2. The van der Waals surface area contributed by atoms with Crippen LogP contribution in [0.1, 0.15) is 10.4 Å². The van der Waals surface area contributed by atoms with Crippen molar-refractivity contribution in [1.82, 2.24) is 0 Å². The molecule has 70 valence electrons. The number of carbonyl (C=O) groups excluding carboxylic acids is 1. The van der Waals surface area contributed by atoms with Gasteiger partial charge in [-0.15, -0.1) is 0 Å². The normalized spacial score (nSPS) is 10.1. The lowest BCUT2D eigenvalue weighted by molar-refractivity contribution is 0.101. The van der Waals surface area contributed by atoms with Crippen LogP contribution in [0.25, 0.3) is 0 Å². The van der Waals surface area contributed by atoms with Crippen LogP contribution in [-0.4, -0.2) is 16.2 Å². The average molecular weight is 251 g/mol. The van der Waals surface area contributed by atoms with E-state index in [4.69, 9.17) is 5.11 Å². The van der Waals surface area contributed by atoms with Crippen molar-refractivity contribution in [3.8, 4) is 5.75 Å². The van der Waals surface area contributed by atoms with Crippen LogP contribution in [0.15, 0.2) is 12.1 Å². The Morgan fingerprint density at radius 3 is 2.46 bits per heavy atom. The topological polar surface area (TPSA) is 37.3 Å². The fourth-order valence-electron chi connectivity index (χ4n) is 0.873. The van der Waals surface area contributed by atoms with Crippen LogP contribution in [-0.2, 0) is 0 Å². The molecule has 0 atom stereocenters. The summed E-state index contributed by atoms with van der Waals surface area (Å²) < 4.78 is 25.6. The number of Topliss-reactive ketones (excluding diaryl/α,β-unsaturated/α-hetero) is 1. The molecule has 0 fully saturated rings. The number of phenols is 1. The molecule has 13 heavy (non-hydrogen) atoms. The van der Waals surface area contributed by atoms with Gasteiger partial charge >= 0.3 is 0 Å². The van der Waals surface area contributed by atoms with E-state index in [1.165, 1.54) is 0 Å². The predicted octanol–water partition coefficient (Wildman–Crippen LogP) is 2.25. The van der Waals surface area contributed by atoms with Crippen molar-refractivity contribution in [2.24, 2.45) is 0 Å². The van der Waals surface area contributed by atoms with Gasteiger partial charge in [-0.2, -0.15) is 0 Å². The van der Waals surface area contributed by atoms with E-state index >= 15 is 0 Å². The summed E-state index contributed by atoms with van der Waals surface area (Å²) >= 11 is 2.79. The van der Waals surface area contributed by atoms with Crippen molar-refractivity contribution in [3.63, 3.8) is 0 Å². The van der Waals surface area contributed by atoms with Gasteiger partial charge in [0.05, 0.1) is 10.9 Å². The summed E-state index contributed by atoms with van der Waals surface area (Å²) in [4.78, 5) is 11.0. The summed E-state index contributed by atoms with van der Waals surface area (Å²) in [5.41, 5.74) is -0.614. The zero-order chi connectivity index (χ0) is 10.0. The predicted molar refractivity (Wildman–Crippen MR) is 46.1 cm³/mol. The second kappa shape index (κ2) is 3.83. The maximum absolute atomic E-state index is 12.9. The van der Waals surface area contributed by atoms with Crippen molar-refractivity contribution in [2.75, 3.05) is 5.33 Å². The Kier molecular flexibility index (Phi) is 2.98. The third-order valence-corrected chi connectivity index (χ3v) is 1.99. The molecule has 5 heteroatoms. The Hall–Kier alpha value is -0.970. The van der Waals surface area contributed by atoms with E-state index in [0.717, 1.165) is 12.1 Å². The number of halogens is 3. The first-order valence-corrected chi connectivity index (χ1v) is 4.46. The highest BCUT2D eigenvalue weighted by Gasteiger charge is 2.18. The van der Waals surface area contributed by atoms with Crippen LogP contribution < -0.4 is 0 Å². The van der Waals surface area contributed by atoms with Crippen molar-refractivity contribution in [1.29, 1.82) is 0 Å². The third-order valence-electron chi connectivity index (χ3n) is 1.48. The van der Waals surface area contributed by atoms with Crippen LogP contribution in [0, 0.1) is 11.6 Å². The number of phenolic OH excluding ortho intramolecular Hbond substituents is 1. The van der Waals surface area contributed by atoms with Gasteiger partial charge in [0.2, 0.25) is 0 Å². The summed E-state index contributed by atoms with van der Waals surface area (Å²) in [6.07, 6.45) is 0. The van der Waals surface area contributed by atoms with Crippen molar-refractivity contribution in [3.05, 3.63) is 29.3 Å². The lowest BCUT2D eigenvalue weighted by atomic mass is 10.1. The number of ketones is 1. The molecular weight excluding hydrogens is 246 g/mol. The minimum atomic E-state index is -1.01. The van der Waals surface area contributed by atoms with Gasteiger partial charge in [-0.1, -0.05) is 15.9 Å². The number of hydrogen-bond donors (Lipinski definition) is 1. The maximum atomic E-state index is 12.9. The Bertz CT molecular complexity index is 352. The van der Waals surface area contributed by atoms with E-state index in [1.54, 1.807) is 0 Å². The highest BCUT2D eigenvalue weighted by molar-refractivity contribution is 9.09. The van der Waals surface area contributed by atoms with Gasteiger partial charge in [0.15, 0.2) is 17.3 Å². The zero-order valence-electron chi connectivity index (χ0n) is 6.35. The lowest BCUT2D eigenvalue weighted by Gasteiger charge is -2.03. The fourth-order valence-corrected chi connectivity index (χ4v) is 1.15. The molecule has 0 unspecified atom stereocenters. The van der Waals surface area contributed by atoms with Crippen molar-refractivity contribution < 1.29 is 18.7 Å². The molecule has 2 nitrogen and oxygen atoms in total. The molecule has 0 amide bonds. The number of alkyl halides is 1. The zero-order valence-corrected chi connectivity index (χ0v) is 7.94. The summed E-state index contributed by atoms with van der Waals surface area (Å²) in [7, 11) is 0. The van der Waals surface area contributed by atoms with Crippen molar-refractivity contribution >= 4 is 21.7 Å². The van der Waals surface area contributed by atoms with Gasteiger partial charge in [0.25, 0.3) is 0 Å². The minimum Gasteiger partial charge on any atom is -0.504 e. The van der Waals surface area contributed by atoms with E-state index < -0.39 is 28.7 Å². The molecule has 0 aliphatic rings. The molecule has 0 saturated heterocycles. The Balaban J connectivity index is 3.33. The Morgan fingerprint density at radius 2 is 1.92 bits per heavy atom. The summed E-state index contributed by atoms with van der Waals surface area (Å²) in [5.74, 6) is -3.58. The number of carbonyl (C=O) groups is 1. The van der Waals surface area contributed by atoms with Gasteiger partial charge < -0.3 is 5.11 Å². The third kappa shape index (κ3) is 1.85. The Morgan fingerprint density at radius 1 is 1.38 bits per heavy atom. The van der Waals surface area contributed by atoms with Gasteiger partial charge in [-0.25, -0.2) is 8.78 Å². The van der Waals surface area contributed by atoms with Crippen LogP contribution in [0.3, 0.4) is 0 Å². The molecule has 0 aliphatic carbocycles. The fraction of sp³-hybridized carbons (Fsp3) is 0.125. The van der Waals surface area contributed by atoms with Crippen LogP contribution in [0.5, 0.6) is 5.75 Å². The molecule has 0 aromatic heterocycles. The molecule has 0 radical (unpaired) electrons. The Labute approximate surface area is 81.3 Å². The molecule has 0 heterocycles. The number of benzene rings is 1. The van der Waals surface area contributed by atoms with E-state index in [-0.39, 0.29) is 5.33 Å². The number of rotatable bonds is 2. The smallest absolute Gasteiger partial charge is 0.180 e.